The van der Waals surface area contributed by atoms with Gasteiger partial charge in [0.1, 0.15) is 24.4 Å². The molecular weight excluding hydrogens is 289 g/mol. The molecule has 1 aliphatic heterocycles. The Morgan fingerprint density at radius 3 is 2.16 bits per heavy atom. The predicted octanol–water partition coefficient (Wildman–Crippen LogP) is -4.25. The molecule has 1 rings (SSSR count). The third-order valence-corrected chi connectivity index (χ3v) is 2.93. The summed E-state index contributed by atoms with van der Waals surface area (Å²) >= 11 is 0. The zero-order valence-electron chi connectivity index (χ0n) is 9.30. The number of ether oxygens (including phenoxy) is 1. The van der Waals surface area contributed by atoms with E-state index in [-0.39, 0.29) is 0 Å². The molecule has 0 aromatic carbocycles. The Morgan fingerprint density at radius 1 is 1.21 bits per heavy atom. The highest BCUT2D eigenvalue weighted by atomic mass is 31.2. The molecule has 1 amide bonds. The fourth-order valence-electron chi connectivity index (χ4n) is 1.52. The monoisotopic (exact) mass is 303 g/mol. The summed E-state index contributed by atoms with van der Waals surface area (Å²) < 4.78 is 19.3. The lowest BCUT2D eigenvalue weighted by molar-refractivity contribution is -0.288. The molecule has 0 aliphatic carbocycles. The van der Waals surface area contributed by atoms with Crippen molar-refractivity contribution in [2.24, 2.45) is 5.73 Å². The van der Waals surface area contributed by atoms with Crippen LogP contribution < -0.4 is 5.73 Å². The summed E-state index contributed by atoms with van der Waals surface area (Å²) in [6.45, 7) is 0. The fourth-order valence-corrected chi connectivity index (χ4v) is 1.96. The van der Waals surface area contributed by atoms with E-state index in [4.69, 9.17) is 15.5 Å². The van der Waals surface area contributed by atoms with Gasteiger partial charge in [0.25, 0.3) is 0 Å². The van der Waals surface area contributed by atoms with Gasteiger partial charge in [0.15, 0.2) is 12.4 Å². The summed E-state index contributed by atoms with van der Waals surface area (Å²) in [6, 6.07) is 0. The molecule has 0 spiro atoms. The maximum absolute atomic E-state index is 10.8. The molecule has 0 radical (unpaired) electrons. The van der Waals surface area contributed by atoms with Crippen LogP contribution >= 0.6 is 7.82 Å². The molecular formula is C7H14NO10P. The molecule has 0 saturated carbocycles. The first-order valence-corrected chi connectivity index (χ1v) is 6.48. The van der Waals surface area contributed by atoms with Crippen LogP contribution in [-0.4, -0.2) is 72.9 Å². The van der Waals surface area contributed by atoms with Gasteiger partial charge in [-0.2, -0.15) is 0 Å². The first-order valence-electron chi connectivity index (χ1n) is 4.95. The molecule has 8 N–H and O–H groups in total. The van der Waals surface area contributed by atoms with E-state index in [1.807, 2.05) is 0 Å². The smallest absolute Gasteiger partial charge is 0.387 e. The molecule has 0 bridgehead atoms. The van der Waals surface area contributed by atoms with Crippen LogP contribution in [0.15, 0.2) is 0 Å². The van der Waals surface area contributed by atoms with E-state index in [1.165, 1.54) is 0 Å². The molecule has 1 heterocycles. The zero-order valence-corrected chi connectivity index (χ0v) is 10.2. The van der Waals surface area contributed by atoms with Crippen molar-refractivity contribution < 1.29 is 48.8 Å². The molecule has 12 heteroatoms. The van der Waals surface area contributed by atoms with E-state index in [2.05, 4.69) is 9.26 Å². The number of hydrogen-bond acceptors (Lipinski definition) is 8. The number of rotatable bonds is 4. The summed E-state index contributed by atoms with van der Waals surface area (Å²) in [7, 11) is -5.07. The Morgan fingerprint density at radius 2 is 1.74 bits per heavy atom. The number of hydrogen-bond donors (Lipinski definition) is 7. The van der Waals surface area contributed by atoms with Gasteiger partial charge in [-0.25, -0.2) is 4.57 Å². The summed E-state index contributed by atoms with van der Waals surface area (Å²) in [4.78, 5) is 27.9. The number of phosphoric acid groups is 1. The van der Waals surface area contributed by atoms with E-state index in [0.717, 1.165) is 0 Å². The van der Waals surface area contributed by atoms with Gasteiger partial charge in [0, 0.05) is 0 Å². The second-order valence-corrected chi connectivity index (χ2v) is 5.08. The molecule has 112 valence electrons. The first kappa shape index (κ1) is 16.4. The third-order valence-electron chi connectivity index (χ3n) is 2.45. The van der Waals surface area contributed by atoms with Crippen molar-refractivity contribution >= 4 is 13.7 Å². The molecule has 2 unspecified atom stereocenters. The van der Waals surface area contributed by atoms with Crippen LogP contribution in [0.25, 0.3) is 0 Å². The van der Waals surface area contributed by atoms with Gasteiger partial charge in [0.2, 0.25) is 5.91 Å². The lowest BCUT2D eigenvalue weighted by Crippen LogP contribution is -2.62. The summed E-state index contributed by atoms with van der Waals surface area (Å²) in [5.41, 5.74) is 4.76. The number of phosphoric ester groups is 1. The highest BCUT2D eigenvalue weighted by molar-refractivity contribution is 7.46. The quantitative estimate of drug-likeness (QED) is 0.249. The molecule has 19 heavy (non-hydrogen) atoms. The number of amides is 1. The second-order valence-electron chi connectivity index (χ2n) is 3.88. The number of primary amides is 1. The third kappa shape index (κ3) is 3.92. The van der Waals surface area contributed by atoms with Crippen molar-refractivity contribution in [3.05, 3.63) is 0 Å². The Kier molecular flexibility index (Phi) is 5.01. The average molecular weight is 303 g/mol. The highest BCUT2D eigenvalue weighted by Crippen LogP contribution is 2.40. The predicted molar refractivity (Wildman–Crippen MR) is 55.0 cm³/mol. The molecule has 1 aliphatic rings. The summed E-state index contributed by atoms with van der Waals surface area (Å²) in [5, 5.41) is 37.7. The van der Waals surface area contributed by atoms with Crippen LogP contribution in [0.1, 0.15) is 0 Å². The molecule has 6 atom stereocenters. The standard InChI is InChI=1S/C7H14NO10P/c8-6(13)4(12)5-2(10)1(9)3(11)7(17-5)18-19(14,15)16/h1-5,7,9-12H,(H2,8,13)(H2,14,15,16)/t1-,2-,3?,4-,5?,7-/m0/s1. The Bertz CT molecular complexity index is 384. The minimum Gasteiger partial charge on any atom is -0.387 e. The van der Waals surface area contributed by atoms with E-state index in [1.54, 1.807) is 0 Å². The van der Waals surface area contributed by atoms with Crippen molar-refractivity contribution in [1.29, 1.82) is 0 Å². The summed E-state index contributed by atoms with van der Waals surface area (Å²) in [6.07, 6.45) is -11.8. The zero-order chi connectivity index (χ0) is 15.0. The lowest BCUT2D eigenvalue weighted by Gasteiger charge is -2.40. The Labute approximate surface area is 106 Å². The van der Waals surface area contributed by atoms with E-state index in [0.29, 0.717) is 0 Å². The summed E-state index contributed by atoms with van der Waals surface area (Å²) in [5.74, 6) is -1.30. The topological polar surface area (TPSA) is 200 Å². The maximum atomic E-state index is 10.8. The minimum atomic E-state index is -5.07. The number of nitrogens with two attached hydrogens (primary N) is 1. The number of carbonyl (C=O) groups is 1. The van der Waals surface area contributed by atoms with Crippen molar-refractivity contribution in [3.63, 3.8) is 0 Å². The highest BCUT2D eigenvalue weighted by Gasteiger charge is 2.49. The van der Waals surface area contributed by atoms with Crippen molar-refractivity contribution in [3.8, 4) is 0 Å². The average Bonchev–Trinajstić information content (AvgIpc) is 2.27. The van der Waals surface area contributed by atoms with Gasteiger partial charge in [-0.05, 0) is 0 Å². The molecule has 0 aromatic heterocycles. The largest absolute Gasteiger partial charge is 0.472 e. The van der Waals surface area contributed by atoms with Crippen LogP contribution in [0.4, 0.5) is 0 Å². The van der Waals surface area contributed by atoms with Gasteiger partial charge in [-0.1, -0.05) is 0 Å². The number of carbonyl (C=O) groups excluding carboxylic acids is 1. The van der Waals surface area contributed by atoms with E-state index in [9.17, 15) is 29.8 Å². The van der Waals surface area contributed by atoms with Crippen LogP contribution in [0, 0.1) is 0 Å². The van der Waals surface area contributed by atoms with Crippen molar-refractivity contribution in [1.82, 2.24) is 0 Å². The van der Waals surface area contributed by atoms with Crippen molar-refractivity contribution in [2.45, 2.75) is 36.8 Å². The van der Waals surface area contributed by atoms with Gasteiger partial charge in [-0.15, -0.1) is 0 Å². The van der Waals surface area contributed by atoms with Crippen LogP contribution in [0.2, 0.25) is 0 Å². The van der Waals surface area contributed by atoms with Crippen LogP contribution in [-0.2, 0) is 18.6 Å². The van der Waals surface area contributed by atoms with Crippen LogP contribution in [0.3, 0.4) is 0 Å². The minimum absolute atomic E-state index is 1.30. The second kappa shape index (κ2) is 5.79. The molecule has 11 nitrogen and oxygen atoms in total. The first-order chi connectivity index (χ1) is 8.54. The Balaban J connectivity index is 2.91. The number of aliphatic hydroxyl groups excluding tert-OH is 4. The maximum Gasteiger partial charge on any atom is 0.472 e. The fraction of sp³-hybridized carbons (Fsp3) is 0.857. The normalized spacial score (nSPS) is 37.9. The SMILES string of the molecule is NC(=O)[C@@H](O)C1O[C@@H](OP(=O)(O)O)C(O)[C@@H](O)[C@@H]1O. The van der Waals surface area contributed by atoms with Gasteiger partial charge in [0.05, 0.1) is 0 Å². The number of aliphatic hydroxyl groups is 4. The van der Waals surface area contributed by atoms with Gasteiger partial charge in [-0.3, -0.25) is 9.32 Å². The Hall–Kier alpha value is -0.620. The molecule has 1 saturated heterocycles. The van der Waals surface area contributed by atoms with Crippen molar-refractivity contribution in [2.75, 3.05) is 0 Å². The molecule has 0 aromatic rings. The lowest BCUT2D eigenvalue weighted by atomic mass is 9.95. The van der Waals surface area contributed by atoms with E-state index >= 15 is 0 Å². The molecule has 1 fully saturated rings. The van der Waals surface area contributed by atoms with E-state index < -0.39 is 50.5 Å². The van der Waals surface area contributed by atoms with Crippen LogP contribution in [0.5, 0.6) is 0 Å². The van der Waals surface area contributed by atoms with Gasteiger partial charge >= 0.3 is 7.82 Å². The van der Waals surface area contributed by atoms with Gasteiger partial charge < -0.3 is 40.7 Å².